The second-order valence-electron chi connectivity index (χ2n) is 6.09. The van der Waals surface area contributed by atoms with E-state index >= 15 is 0 Å². The average molecular weight is 246 g/mol. The molecule has 0 aromatic carbocycles. The van der Waals surface area contributed by atoms with Crippen molar-refractivity contribution in [2.75, 3.05) is 14.2 Å². The fraction of sp³-hybridized carbons (Fsp3) is 1.00. The predicted molar refractivity (Wildman–Crippen MR) is 66.0 cm³/mol. The van der Waals surface area contributed by atoms with Crippen molar-refractivity contribution in [2.45, 2.75) is 70.7 Å². The summed E-state index contributed by atoms with van der Waals surface area (Å²) in [6.07, 6.45) is -0.338. The zero-order valence-electron chi connectivity index (χ0n) is 12.3. The van der Waals surface area contributed by atoms with Gasteiger partial charge in [0.15, 0.2) is 5.79 Å². The van der Waals surface area contributed by atoms with E-state index in [1.807, 2.05) is 41.5 Å². The molecule has 2 unspecified atom stereocenters. The van der Waals surface area contributed by atoms with E-state index in [0.29, 0.717) is 0 Å². The molecule has 0 N–H and O–H groups in total. The van der Waals surface area contributed by atoms with Gasteiger partial charge in [0.25, 0.3) is 0 Å². The Labute approximate surface area is 105 Å². The molecule has 0 radical (unpaired) electrons. The normalized spacial score (nSPS) is 29.6. The van der Waals surface area contributed by atoms with Gasteiger partial charge in [0.05, 0.1) is 11.2 Å². The molecule has 0 bridgehead atoms. The highest BCUT2D eigenvalue weighted by Crippen LogP contribution is 2.40. The Balaban J connectivity index is 3.01. The van der Waals surface area contributed by atoms with Crippen molar-refractivity contribution in [3.8, 4) is 0 Å². The minimum atomic E-state index is -0.610. The molecule has 0 saturated carbocycles. The lowest BCUT2D eigenvalue weighted by molar-refractivity contribution is -0.175. The summed E-state index contributed by atoms with van der Waals surface area (Å²) in [6.45, 7) is 11.8. The van der Waals surface area contributed by atoms with Crippen LogP contribution in [0.2, 0.25) is 0 Å². The van der Waals surface area contributed by atoms with Gasteiger partial charge in [0, 0.05) is 14.2 Å². The molecular weight excluding hydrogens is 220 g/mol. The Morgan fingerprint density at radius 1 is 0.824 bits per heavy atom. The highest BCUT2D eigenvalue weighted by Gasteiger charge is 2.54. The first-order chi connectivity index (χ1) is 7.56. The SMILES string of the molecule is COC(C)(C)C1OC(C)(C)OC1C(C)(C)OC. The van der Waals surface area contributed by atoms with Crippen LogP contribution in [0.5, 0.6) is 0 Å². The molecule has 1 aliphatic rings. The van der Waals surface area contributed by atoms with Crippen molar-refractivity contribution in [2.24, 2.45) is 0 Å². The molecule has 2 atom stereocenters. The van der Waals surface area contributed by atoms with Crippen LogP contribution in [0.1, 0.15) is 41.5 Å². The summed E-state index contributed by atoms with van der Waals surface area (Å²) in [7, 11) is 3.37. The van der Waals surface area contributed by atoms with Gasteiger partial charge in [0.2, 0.25) is 0 Å². The maximum absolute atomic E-state index is 5.98. The predicted octanol–water partition coefficient (Wildman–Crippen LogP) is 2.36. The van der Waals surface area contributed by atoms with Gasteiger partial charge in [-0.3, -0.25) is 0 Å². The second-order valence-corrected chi connectivity index (χ2v) is 6.09. The summed E-state index contributed by atoms with van der Waals surface area (Å²) in [4.78, 5) is 0. The van der Waals surface area contributed by atoms with E-state index in [1.165, 1.54) is 0 Å². The van der Waals surface area contributed by atoms with Crippen molar-refractivity contribution < 1.29 is 18.9 Å². The monoisotopic (exact) mass is 246 g/mol. The van der Waals surface area contributed by atoms with Crippen LogP contribution in [0.15, 0.2) is 0 Å². The quantitative estimate of drug-likeness (QED) is 0.763. The standard InChI is InChI=1S/C13H26O4/c1-11(2,14-7)9-10(12(3,4)15-8)17-13(5,6)16-9/h9-10H,1-8H3. The Hall–Kier alpha value is -0.160. The minimum Gasteiger partial charge on any atom is -0.376 e. The zero-order valence-corrected chi connectivity index (χ0v) is 12.3. The lowest BCUT2D eigenvalue weighted by Gasteiger charge is -2.38. The third kappa shape index (κ3) is 2.99. The van der Waals surface area contributed by atoms with Crippen molar-refractivity contribution in [3.63, 3.8) is 0 Å². The molecule has 1 heterocycles. The van der Waals surface area contributed by atoms with Crippen LogP contribution in [-0.4, -0.2) is 43.4 Å². The van der Waals surface area contributed by atoms with Crippen molar-refractivity contribution >= 4 is 0 Å². The van der Waals surface area contributed by atoms with Crippen LogP contribution in [0.25, 0.3) is 0 Å². The summed E-state index contributed by atoms with van der Waals surface area (Å²) in [6, 6.07) is 0. The molecule has 0 amide bonds. The van der Waals surface area contributed by atoms with Crippen LogP contribution < -0.4 is 0 Å². The lowest BCUT2D eigenvalue weighted by Crippen LogP contribution is -2.53. The van der Waals surface area contributed by atoms with E-state index in [2.05, 4.69) is 0 Å². The molecule has 0 aliphatic carbocycles. The van der Waals surface area contributed by atoms with E-state index in [-0.39, 0.29) is 12.2 Å². The van der Waals surface area contributed by atoms with Crippen LogP contribution in [0, 0.1) is 0 Å². The largest absolute Gasteiger partial charge is 0.376 e. The number of methoxy groups -OCH3 is 2. The summed E-state index contributed by atoms with van der Waals surface area (Å²) in [5, 5.41) is 0. The van der Waals surface area contributed by atoms with Crippen LogP contribution >= 0.6 is 0 Å². The lowest BCUT2D eigenvalue weighted by atomic mass is 9.87. The van der Waals surface area contributed by atoms with E-state index in [9.17, 15) is 0 Å². The van der Waals surface area contributed by atoms with Crippen molar-refractivity contribution in [1.29, 1.82) is 0 Å². The summed E-state index contributed by atoms with van der Waals surface area (Å²) in [5.41, 5.74) is -0.845. The van der Waals surface area contributed by atoms with Gasteiger partial charge in [-0.1, -0.05) is 0 Å². The first-order valence-electron chi connectivity index (χ1n) is 6.02. The van der Waals surface area contributed by atoms with E-state index in [0.717, 1.165) is 0 Å². The molecule has 1 rings (SSSR count). The zero-order chi connectivity index (χ0) is 13.5. The number of ether oxygens (including phenoxy) is 4. The molecule has 4 heteroatoms. The van der Waals surface area contributed by atoms with Gasteiger partial charge in [-0.05, 0) is 41.5 Å². The third-order valence-corrected chi connectivity index (χ3v) is 3.52. The molecule has 0 aromatic heterocycles. The Morgan fingerprint density at radius 2 is 1.12 bits per heavy atom. The molecule has 102 valence electrons. The molecule has 4 nitrogen and oxygen atoms in total. The van der Waals surface area contributed by atoms with E-state index < -0.39 is 17.0 Å². The highest BCUT2D eigenvalue weighted by molar-refractivity contribution is 5.00. The molecule has 1 fully saturated rings. The fourth-order valence-electron chi connectivity index (χ4n) is 2.01. The smallest absolute Gasteiger partial charge is 0.164 e. The molecule has 0 spiro atoms. The maximum Gasteiger partial charge on any atom is 0.164 e. The fourth-order valence-corrected chi connectivity index (χ4v) is 2.01. The molecule has 1 saturated heterocycles. The summed E-state index contributed by atoms with van der Waals surface area (Å²) < 4.78 is 23.0. The third-order valence-electron chi connectivity index (χ3n) is 3.52. The summed E-state index contributed by atoms with van der Waals surface area (Å²) >= 11 is 0. The Kier molecular flexibility index (Phi) is 3.94. The minimum absolute atomic E-state index is 0.169. The van der Waals surface area contributed by atoms with Crippen LogP contribution in [0.3, 0.4) is 0 Å². The van der Waals surface area contributed by atoms with E-state index in [1.54, 1.807) is 14.2 Å². The number of rotatable bonds is 4. The second kappa shape index (κ2) is 4.50. The highest BCUT2D eigenvalue weighted by atomic mass is 16.8. The topological polar surface area (TPSA) is 36.9 Å². The molecular formula is C13H26O4. The number of hydrogen-bond donors (Lipinski definition) is 0. The summed E-state index contributed by atoms with van der Waals surface area (Å²) in [5.74, 6) is -0.610. The molecule has 0 aromatic rings. The first-order valence-corrected chi connectivity index (χ1v) is 6.02. The van der Waals surface area contributed by atoms with Gasteiger partial charge < -0.3 is 18.9 Å². The molecule has 1 aliphatic heterocycles. The van der Waals surface area contributed by atoms with Crippen LogP contribution in [-0.2, 0) is 18.9 Å². The van der Waals surface area contributed by atoms with Crippen molar-refractivity contribution in [1.82, 2.24) is 0 Å². The van der Waals surface area contributed by atoms with Crippen LogP contribution in [0.4, 0.5) is 0 Å². The average Bonchev–Trinajstić information content (AvgIpc) is 2.56. The maximum atomic E-state index is 5.98. The molecule has 17 heavy (non-hydrogen) atoms. The van der Waals surface area contributed by atoms with Crippen molar-refractivity contribution in [3.05, 3.63) is 0 Å². The Morgan fingerprint density at radius 3 is 1.35 bits per heavy atom. The van der Waals surface area contributed by atoms with E-state index in [4.69, 9.17) is 18.9 Å². The van der Waals surface area contributed by atoms with Gasteiger partial charge in [-0.2, -0.15) is 0 Å². The first kappa shape index (κ1) is 14.9. The van der Waals surface area contributed by atoms with Gasteiger partial charge in [-0.15, -0.1) is 0 Å². The number of hydrogen-bond acceptors (Lipinski definition) is 4. The van der Waals surface area contributed by atoms with Gasteiger partial charge >= 0.3 is 0 Å². The van der Waals surface area contributed by atoms with Gasteiger partial charge in [-0.25, -0.2) is 0 Å². The Bertz CT molecular complexity index is 245. The van der Waals surface area contributed by atoms with Gasteiger partial charge in [0.1, 0.15) is 12.2 Å².